The number of nitrogens with one attached hydrogen (secondary N) is 1. The van der Waals surface area contributed by atoms with Crippen molar-refractivity contribution in [3.05, 3.63) is 36.0 Å². The third-order valence-corrected chi connectivity index (χ3v) is 2.58. The number of allylic oxidation sites excluding steroid dienone is 3. The van der Waals surface area contributed by atoms with Gasteiger partial charge in [0.25, 0.3) is 0 Å². The van der Waals surface area contributed by atoms with Crippen LogP contribution in [0.25, 0.3) is 0 Å². The molecule has 0 aromatic carbocycles. The lowest BCUT2D eigenvalue weighted by atomic mass is 10.1. The lowest BCUT2D eigenvalue weighted by Gasteiger charge is -2.10. The first-order chi connectivity index (χ1) is 6.33. The van der Waals surface area contributed by atoms with Crippen molar-refractivity contribution in [2.75, 3.05) is 7.05 Å². The van der Waals surface area contributed by atoms with E-state index in [0.717, 1.165) is 6.42 Å². The van der Waals surface area contributed by atoms with Gasteiger partial charge in [0.15, 0.2) is 0 Å². The Morgan fingerprint density at radius 3 is 2.92 bits per heavy atom. The second-order valence-electron chi connectivity index (χ2n) is 3.38. The van der Waals surface area contributed by atoms with E-state index < -0.39 is 0 Å². The van der Waals surface area contributed by atoms with Gasteiger partial charge in [0.1, 0.15) is 0 Å². The van der Waals surface area contributed by atoms with Gasteiger partial charge in [-0.1, -0.05) is 31.7 Å². The van der Waals surface area contributed by atoms with Crippen LogP contribution in [0, 0.1) is 0 Å². The van der Waals surface area contributed by atoms with Gasteiger partial charge in [-0.15, -0.1) is 0 Å². The smallest absolute Gasteiger partial charge is 0.0323 e. The summed E-state index contributed by atoms with van der Waals surface area (Å²) >= 11 is 0. The summed E-state index contributed by atoms with van der Waals surface area (Å²) in [6.07, 6.45) is 9.93. The van der Waals surface area contributed by atoms with E-state index in [1.54, 1.807) is 0 Å². The normalized spacial score (nSPS) is 23.1. The first kappa shape index (κ1) is 10.3. The zero-order valence-electron chi connectivity index (χ0n) is 8.64. The van der Waals surface area contributed by atoms with Crippen LogP contribution in [0.15, 0.2) is 36.0 Å². The molecular weight excluding hydrogens is 158 g/mol. The number of likely N-dealkylation sites (N-methyl/N-ethyl adjacent to an activating group) is 1. The van der Waals surface area contributed by atoms with Crippen LogP contribution in [0.3, 0.4) is 0 Å². The Morgan fingerprint density at radius 1 is 1.62 bits per heavy atom. The quantitative estimate of drug-likeness (QED) is 0.696. The molecule has 0 fully saturated rings. The Morgan fingerprint density at radius 2 is 2.38 bits per heavy atom. The highest BCUT2D eigenvalue weighted by Crippen LogP contribution is 2.27. The molecule has 1 N–H and O–H groups in total. The third-order valence-electron chi connectivity index (χ3n) is 2.58. The Bertz CT molecular complexity index is 236. The van der Waals surface area contributed by atoms with E-state index in [9.17, 15) is 0 Å². The van der Waals surface area contributed by atoms with Crippen molar-refractivity contribution in [1.82, 2.24) is 5.32 Å². The predicted molar refractivity (Wildman–Crippen MR) is 58.7 cm³/mol. The maximum Gasteiger partial charge on any atom is 0.0323 e. The second-order valence-corrected chi connectivity index (χ2v) is 3.38. The maximum atomic E-state index is 3.85. The van der Waals surface area contributed by atoms with Gasteiger partial charge in [-0.05, 0) is 37.5 Å². The lowest BCUT2D eigenvalue weighted by Crippen LogP contribution is -2.23. The van der Waals surface area contributed by atoms with E-state index in [4.69, 9.17) is 0 Å². The average molecular weight is 177 g/mol. The molecule has 13 heavy (non-hydrogen) atoms. The van der Waals surface area contributed by atoms with Crippen LogP contribution in [0.4, 0.5) is 0 Å². The summed E-state index contributed by atoms with van der Waals surface area (Å²) in [4.78, 5) is 0. The fourth-order valence-electron chi connectivity index (χ4n) is 1.81. The molecule has 0 saturated heterocycles. The van der Waals surface area contributed by atoms with Crippen LogP contribution < -0.4 is 5.32 Å². The van der Waals surface area contributed by atoms with Crippen LogP contribution in [0.1, 0.15) is 26.2 Å². The molecule has 1 aliphatic carbocycles. The van der Waals surface area contributed by atoms with Crippen LogP contribution in [0.2, 0.25) is 0 Å². The molecule has 0 aromatic heterocycles. The van der Waals surface area contributed by atoms with Crippen LogP contribution in [0.5, 0.6) is 0 Å². The molecule has 0 aliphatic heterocycles. The fourth-order valence-corrected chi connectivity index (χ4v) is 1.81. The molecule has 0 saturated carbocycles. The van der Waals surface area contributed by atoms with Gasteiger partial charge in [0.05, 0.1) is 0 Å². The minimum absolute atomic E-state index is 0.538. The largest absolute Gasteiger partial charge is 0.313 e. The SMILES string of the molecule is C=CC1=C(/C=C\CC)C(NC)CC1. The molecule has 0 amide bonds. The first-order valence-electron chi connectivity index (χ1n) is 5.02. The minimum Gasteiger partial charge on any atom is -0.313 e. The fraction of sp³-hybridized carbons (Fsp3) is 0.500. The first-order valence-corrected chi connectivity index (χ1v) is 5.02. The zero-order chi connectivity index (χ0) is 9.68. The van der Waals surface area contributed by atoms with E-state index >= 15 is 0 Å². The highest BCUT2D eigenvalue weighted by Gasteiger charge is 2.19. The second kappa shape index (κ2) is 5.03. The van der Waals surface area contributed by atoms with Crippen LogP contribution >= 0.6 is 0 Å². The van der Waals surface area contributed by atoms with Gasteiger partial charge >= 0.3 is 0 Å². The van der Waals surface area contributed by atoms with E-state index in [0.29, 0.717) is 6.04 Å². The Labute approximate surface area is 81.2 Å². The van der Waals surface area contributed by atoms with E-state index in [-0.39, 0.29) is 0 Å². The summed E-state index contributed by atoms with van der Waals surface area (Å²) in [5.74, 6) is 0. The Balaban J connectivity index is 2.81. The van der Waals surface area contributed by atoms with Crippen molar-refractivity contribution < 1.29 is 0 Å². The third kappa shape index (κ3) is 2.31. The van der Waals surface area contributed by atoms with Gasteiger partial charge in [0.2, 0.25) is 0 Å². The molecule has 0 spiro atoms. The number of hydrogen-bond acceptors (Lipinski definition) is 1. The molecular formula is C12H19N. The molecule has 0 heterocycles. The summed E-state index contributed by atoms with van der Waals surface area (Å²) in [5.41, 5.74) is 2.84. The van der Waals surface area contributed by atoms with E-state index in [1.165, 1.54) is 24.0 Å². The Hall–Kier alpha value is -0.820. The molecule has 1 atom stereocenters. The molecule has 0 bridgehead atoms. The molecule has 1 heteroatoms. The van der Waals surface area contributed by atoms with E-state index in [1.807, 2.05) is 13.1 Å². The van der Waals surface area contributed by atoms with Crippen LogP contribution in [-0.4, -0.2) is 13.1 Å². The molecule has 1 rings (SSSR count). The monoisotopic (exact) mass is 177 g/mol. The van der Waals surface area contributed by atoms with Crippen molar-refractivity contribution >= 4 is 0 Å². The number of rotatable bonds is 4. The van der Waals surface area contributed by atoms with E-state index in [2.05, 4.69) is 31.0 Å². The maximum absolute atomic E-state index is 3.85. The molecule has 1 aliphatic rings. The molecule has 0 radical (unpaired) electrons. The average Bonchev–Trinajstić information content (AvgIpc) is 2.56. The molecule has 0 aromatic rings. The van der Waals surface area contributed by atoms with Gasteiger partial charge < -0.3 is 5.32 Å². The van der Waals surface area contributed by atoms with Crippen molar-refractivity contribution in [2.24, 2.45) is 0 Å². The van der Waals surface area contributed by atoms with Gasteiger partial charge in [-0.2, -0.15) is 0 Å². The zero-order valence-corrected chi connectivity index (χ0v) is 8.64. The molecule has 1 nitrogen and oxygen atoms in total. The van der Waals surface area contributed by atoms with Crippen molar-refractivity contribution in [3.8, 4) is 0 Å². The summed E-state index contributed by atoms with van der Waals surface area (Å²) in [5, 5.41) is 3.33. The topological polar surface area (TPSA) is 12.0 Å². The van der Waals surface area contributed by atoms with Crippen LogP contribution in [-0.2, 0) is 0 Å². The van der Waals surface area contributed by atoms with Gasteiger partial charge in [-0.25, -0.2) is 0 Å². The summed E-state index contributed by atoms with van der Waals surface area (Å²) in [6, 6.07) is 0.538. The van der Waals surface area contributed by atoms with Crippen molar-refractivity contribution in [1.29, 1.82) is 0 Å². The van der Waals surface area contributed by atoms with Crippen molar-refractivity contribution in [3.63, 3.8) is 0 Å². The predicted octanol–water partition coefficient (Wildman–Crippen LogP) is 2.82. The highest BCUT2D eigenvalue weighted by molar-refractivity contribution is 5.40. The summed E-state index contributed by atoms with van der Waals surface area (Å²) in [6.45, 7) is 6.01. The molecule has 72 valence electrons. The Kier molecular flexibility index (Phi) is 3.97. The minimum atomic E-state index is 0.538. The molecule has 1 unspecified atom stereocenters. The summed E-state index contributed by atoms with van der Waals surface area (Å²) in [7, 11) is 2.02. The van der Waals surface area contributed by atoms with Gasteiger partial charge in [-0.3, -0.25) is 0 Å². The summed E-state index contributed by atoms with van der Waals surface area (Å²) < 4.78 is 0. The number of hydrogen-bond donors (Lipinski definition) is 1. The van der Waals surface area contributed by atoms with Gasteiger partial charge in [0, 0.05) is 6.04 Å². The lowest BCUT2D eigenvalue weighted by molar-refractivity contribution is 0.635. The van der Waals surface area contributed by atoms with Crippen molar-refractivity contribution in [2.45, 2.75) is 32.2 Å². The standard InChI is InChI=1S/C12H19N/c1-4-6-7-11-10(5-2)8-9-12(11)13-3/h5-7,12-13H,2,4,8-9H2,1,3H3/b7-6-. The highest BCUT2D eigenvalue weighted by atomic mass is 14.9.